The zero-order chi connectivity index (χ0) is 13.9. The molecule has 104 valence electrons. The summed E-state index contributed by atoms with van der Waals surface area (Å²) >= 11 is 0. The number of amides is 1. The standard InChI is InChI=1S/C14H20N2O3/c17-13(11-15-9-5-4-8-14(18)19)16-10-12-6-2-1-3-7-12/h1-3,6-7,15H,4-5,8-11H2,(H,16,17)(H,18,19). The van der Waals surface area contributed by atoms with Gasteiger partial charge < -0.3 is 15.7 Å². The molecular weight excluding hydrogens is 244 g/mol. The van der Waals surface area contributed by atoms with E-state index in [2.05, 4.69) is 10.6 Å². The smallest absolute Gasteiger partial charge is 0.303 e. The van der Waals surface area contributed by atoms with Crippen LogP contribution in [-0.2, 0) is 16.1 Å². The molecule has 0 unspecified atom stereocenters. The lowest BCUT2D eigenvalue weighted by molar-refractivity contribution is -0.137. The number of hydrogen-bond acceptors (Lipinski definition) is 3. The third kappa shape index (κ3) is 7.94. The van der Waals surface area contributed by atoms with Gasteiger partial charge in [0.25, 0.3) is 0 Å². The minimum atomic E-state index is -0.777. The topological polar surface area (TPSA) is 78.4 Å². The Morgan fingerprint density at radius 3 is 2.53 bits per heavy atom. The second kappa shape index (κ2) is 9.10. The first-order valence-corrected chi connectivity index (χ1v) is 6.41. The largest absolute Gasteiger partial charge is 0.481 e. The molecule has 1 aromatic carbocycles. The predicted molar refractivity (Wildman–Crippen MR) is 72.6 cm³/mol. The molecule has 1 aromatic rings. The maximum absolute atomic E-state index is 11.5. The molecule has 1 amide bonds. The van der Waals surface area contributed by atoms with Crippen LogP contribution >= 0.6 is 0 Å². The van der Waals surface area contributed by atoms with Crippen LogP contribution in [0.3, 0.4) is 0 Å². The lowest BCUT2D eigenvalue weighted by atomic mass is 10.2. The van der Waals surface area contributed by atoms with Gasteiger partial charge in [-0.25, -0.2) is 0 Å². The highest BCUT2D eigenvalue weighted by molar-refractivity contribution is 5.77. The van der Waals surface area contributed by atoms with Gasteiger partial charge >= 0.3 is 5.97 Å². The second-order valence-electron chi connectivity index (χ2n) is 4.29. The van der Waals surface area contributed by atoms with Gasteiger partial charge in [-0.2, -0.15) is 0 Å². The van der Waals surface area contributed by atoms with E-state index in [0.717, 1.165) is 12.0 Å². The Hall–Kier alpha value is -1.88. The third-order valence-electron chi connectivity index (χ3n) is 2.61. The van der Waals surface area contributed by atoms with Gasteiger partial charge in [-0.05, 0) is 24.9 Å². The molecule has 0 aliphatic heterocycles. The molecule has 0 fully saturated rings. The Morgan fingerprint density at radius 1 is 1.11 bits per heavy atom. The molecule has 0 saturated heterocycles. The number of benzene rings is 1. The molecule has 0 radical (unpaired) electrons. The minimum absolute atomic E-state index is 0.0536. The summed E-state index contributed by atoms with van der Waals surface area (Å²) < 4.78 is 0. The number of rotatable bonds is 9. The quantitative estimate of drug-likeness (QED) is 0.585. The first-order chi connectivity index (χ1) is 9.18. The number of aliphatic carboxylic acids is 1. The summed E-state index contributed by atoms with van der Waals surface area (Å²) in [5, 5.41) is 14.3. The van der Waals surface area contributed by atoms with Crippen molar-refractivity contribution in [2.45, 2.75) is 25.8 Å². The van der Waals surface area contributed by atoms with E-state index >= 15 is 0 Å². The van der Waals surface area contributed by atoms with Crippen molar-refractivity contribution in [1.82, 2.24) is 10.6 Å². The number of unbranched alkanes of at least 4 members (excludes halogenated alkanes) is 1. The molecule has 0 atom stereocenters. The van der Waals surface area contributed by atoms with Gasteiger partial charge in [0.2, 0.25) is 5.91 Å². The SMILES string of the molecule is O=C(O)CCCCNCC(=O)NCc1ccccc1. The van der Waals surface area contributed by atoms with Gasteiger partial charge in [-0.15, -0.1) is 0 Å². The van der Waals surface area contributed by atoms with Crippen LogP contribution in [-0.4, -0.2) is 30.1 Å². The van der Waals surface area contributed by atoms with Gasteiger partial charge in [0.05, 0.1) is 6.54 Å². The van der Waals surface area contributed by atoms with E-state index in [1.54, 1.807) is 0 Å². The Labute approximate surface area is 113 Å². The molecule has 5 heteroatoms. The summed E-state index contributed by atoms with van der Waals surface area (Å²) in [6, 6.07) is 9.72. The fourth-order valence-corrected chi connectivity index (χ4v) is 1.59. The van der Waals surface area contributed by atoms with Crippen LogP contribution < -0.4 is 10.6 Å². The number of hydrogen-bond donors (Lipinski definition) is 3. The van der Waals surface area contributed by atoms with Crippen molar-refractivity contribution in [2.24, 2.45) is 0 Å². The maximum atomic E-state index is 11.5. The van der Waals surface area contributed by atoms with Crippen molar-refractivity contribution in [3.63, 3.8) is 0 Å². The zero-order valence-electron chi connectivity index (χ0n) is 10.9. The van der Waals surface area contributed by atoms with E-state index in [4.69, 9.17) is 5.11 Å². The number of carbonyl (C=O) groups is 2. The normalized spacial score (nSPS) is 10.1. The number of carboxylic acid groups (broad SMARTS) is 1. The Bertz CT molecular complexity index is 393. The van der Waals surface area contributed by atoms with Crippen molar-refractivity contribution >= 4 is 11.9 Å². The van der Waals surface area contributed by atoms with E-state index in [1.807, 2.05) is 30.3 Å². The average Bonchev–Trinajstić information content (AvgIpc) is 2.41. The molecule has 0 saturated carbocycles. The van der Waals surface area contributed by atoms with E-state index in [1.165, 1.54) is 0 Å². The van der Waals surface area contributed by atoms with Crippen molar-refractivity contribution in [1.29, 1.82) is 0 Å². The van der Waals surface area contributed by atoms with Crippen LogP contribution in [0.4, 0.5) is 0 Å². The molecule has 0 aliphatic carbocycles. The van der Waals surface area contributed by atoms with E-state index in [9.17, 15) is 9.59 Å². The van der Waals surface area contributed by atoms with Crippen LogP contribution in [0.1, 0.15) is 24.8 Å². The summed E-state index contributed by atoms with van der Waals surface area (Å²) in [5.41, 5.74) is 1.07. The second-order valence-corrected chi connectivity index (χ2v) is 4.29. The van der Waals surface area contributed by atoms with Crippen LogP contribution in [0.25, 0.3) is 0 Å². The first kappa shape index (κ1) is 15.2. The summed E-state index contributed by atoms with van der Waals surface area (Å²) in [6.45, 7) is 1.45. The van der Waals surface area contributed by atoms with E-state index in [0.29, 0.717) is 19.5 Å². The van der Waals surface area contributed by atoms with E-state index in [-0.39, 0.29) is 18.9 Å². The van der Waals surface area contributed by atoms with Crippen molar-refractivity contribution in [3.05, 3.63) is 35.9 Å². The zero-order valence-corrected chi connectivity index (χ0v) is 10.9. The van der Waals surface area contributed by atoms with Crippen LogP contribution in [0, 0.1) is 0 Å². The summed E-state index contributed by atoms with van der Waals surface area (Å²) in [5.74, 6) is -0.831. The van der Waals surface area contributed by atoms with E-state index < -0.39 is 5.97 Å². The van der Waals surface area contributed by atoms with Gasteiger partial charge in [0.1, 0.15) is 0 Å². The molecule has 0 bridgehead atoms. The lowest BCUT2D eigenvalue weighted by Gasteiger charge is -2.06. The highest BCUT2D eigenvalue weighted by Gasteiger charge is 2.01. The van der Waals surface area contributed by atoms with Crippen molar-refractivity contribution in [2.75, 3.05) is 13.1 Å². The maximum Gasteiger partial charge on any atom is 0.303 e. The molecular formula is C14H20N2O3. The van der Waals surface area contributed by atoms with Crippen LogP contribution in [0.15, 0.2) is 30.3 Å². The first-order valence-electron chi connectivity index (χ1n) is 6.41. The van der Waals surface area contributed by atoms with Gasteiger partial charge in [0, 0.05) is 13.0 Å². The highest BCUT2D eigenvalue weighted by Crippen LogP contribution is 1.96. The molecule has 1 rings (SSSR count). The molecule has 3 N–H and O–H groups in total. The third-order valence-corrected chi connectivity index (χ3v) is 2.61. The molecule has 0 aliphatic rings. The fourth-order valence-electron chi connectivity index (χ4n) is 1.59. The number of carboxylic acids is 1. The molecule has 5 nitrogen and oxygen atoms in total. The molecule has 0 spiro atoms. The van der Waals surface area contributed by atoms with Crippen LogP contribution in [0.2, 0.25) is 0 Å². The minimum Gasteiger partial charge on any atom is -0.481 e. The van der Waals surface area contributed by atoms with Crippen LogP contribution in [0.5, 0.6) is 0 Å². The molecule has 19 heavy (non-hydrogen) atoms. The highest BCUT2D eigenvalue weighted by atomic mass is 16.4. The molecule has 0 aromatic heterocycles. The predicted octanol–water partition coefficient (Wildman–Crippen LogP) is 1.15. The fraction of sp³-hybridized carbons (Fsp3) is 0.429. The number of nitrogens with one attached hydrogen (secondary N) is 2. The molecule has 0 heterocycles. The summed E-state index contributed by atoms with van der Waals surface area (Å²) in [6.07, 6.45) is 1.58. The van der Waals surface area contributed by atoms with Crippen molar-refractivity contribution in [3.8, 4) is 0 Å². The van der Waals surface area contributed by atoms with Gasteiger partial charge in [-0.1, -0.05) is 30.3 Å². The monoisotopic (exact) mass is 264 g/mol. The summed E-state index contributed by atoms with van der Waals surface area (Å²) in [4.78, 5) is 21.8. The lowest BCUT2D eigenvalue weighted by Crippen LogP contribution is -2.33. The van der Waals surface area contributed by atoms with Crippen molar-refractivity contribution < 1.29 is 14.7 Å². The Balaban J connectivity index is 2.01. The van der Waals surface area contributed by atoms with Gasteiger partial charge in [-0.3, -0.25) is 9.59 Å². The Kier molecular flexibility index (Phi) is 7.27. The van der Waals surface area contributed by atoms with Gasteiger partial charge in [0.15, 0.2) is 0 Å². The summed E-state index contributed by atoms with van der Waals surface area (Å²) in [7, 11) is 0. The Morgan fingerprint density at radius 2 is 1.84 bits per heavy atom. The average molecular weight is 264 g/mol. The number of carbonyl (C=O) groups excluding carboxylic acids is 1.